The Morgan fingerprint density at radius 3 is 1.93 bits per heavy atom. The average molecular weight is 588 g/mol. The van der Waals surface area contributed by atoms with Gasteiger partial charge in [-0.2, -0.15) is 0 Å². The molecule has 1 unspecified atom stereocenters. The van der Waals surface area contributed by atoms with Gasteiger partial charge in [-0.25, -0.2) is 4.98 Å². The molecule has 0 saturated heterocycles. The van der Waals surface area contributed by atoms with Gasteiger partial charge in [0.2, 0.25) is 0 Å². The zero-order chi connectivity index (χ0) is 30.5. The van der Waals surface area contributed by atoms with Gasteiger partial charge in [-0.05, 0) is 75.3 Å². The Kier molecular flexibility index (Phi) is 6.04. The van der Waals surface area contributed by atoms with Gasteiger partial charge in [0.25, 0.3) is 0 Å². The third kappa shape index (κ3) is 3.85. The van der Waals surface area contributed by atoms with Crippen LogP contribution in [0.3, 0.4) is 0 Å². The van der Waals surface area contributed by atoms with Crippen molar-refractivity contribution < 1.29 is 0 Å². The predicted molar refractivity (Wildman–Crippen MR) is 187 cm³/mol. The van der Waals surface area contributed by atoms with Crippen LogP contribution in [-0.4, -0.2) is 14.5 Å². The van der Waals surface area contributed by atoms with E-state index in [9.17, 15) is 0 Å². The summed E-state index contributed by atoms with van der Waals surface area (Å²) in [5.74, 6) is 0.931. The second-order valence-electron chi connectivity index (χ2n) is 11.8. The first-order chi connectivity index (χ1) is 22.8. The molecule has 0 radical (unpaired) electrons. The maximum Gasteiger partial charge on any atom is 0.145 e. The molecule has 0 bridgehead atoms. The number of rotatable bonds is 5. The summed E-state index contributed by atoms with van der Waals surface area (Å²) in [6.45, 7) is 0. The van der Waals surface area contributed by atoms with Crippen LogP contribution in [0.15, 0.2) is 176 Å². The lowest BCUT2D eigenvalue weighted by atomic mass is 9.69. The van der Waals surface area contributed by atoms with Gasteiger partial charge < -0.3 is 0 Å². The molecule has 1 atom stereocenters. The molecule has 0 saturated carbocycles. The molecule has 0 aliphatic heterocycles. The summed E-state index contributed by atoms with van der Waals surface area (Å²) < 4.78 is 2.25. The fourth-order valence-corrected chi connectivity index (χ4v) is 7.43. The van der Waals surface area contributed by atoms with Gasteiger partial charge in [-0.15, -0.1) is 0 Å². The van der Waals surface area contributed by atoms with Gasteiger partial charge in [-0.1, -0.05) is 133 Å². The van der Waals surface area contributed by atoms with E-state index in [4.69, 9.17) is 9.97 Å². The quantitative estimate of drug-likeness (QED) is 0.201. The van der Waals surface area contributed by atoms with E-state index in [1.54, 1.807) is 0 Å². The van der Waals surface area contributed by atoms with E-state index in [0.717, 1.165) is 33.8 Å². The third-order valence-electron chi connectivity index (χ3n) is 9.35. The van der Waals surface area contributed by atoms with Crippen molar-refractivity contribution in [3.63, 3.8) is 0 Å². The monoisotopic (exact) mass is 587 g/mol. The number of para-hydroxylation sites is 3. The molecule has 8 aromatic rings. The number of pyridine rings is 1. The molecule has 3 nitrogen and oxygen atoms in total. The van der Waals surface area contributed by atoms with Crippen LogP contribution in [0.25, 0.3) is 50.4 Å². The van der Waals surface area contributed by atoms with E-state index in [1.807, 2.05) is 24.4 Å². The van der Waals surface area contributed by atoms with Crippen molar-refractivity contribution in [2.24, 2.45) is 0 Å². The largest absolute Gasteiger partial charge is 0.292 e. The van der Waals surface area contributed by atoms with Gasteiger partial charge in [0.05, 0.1) is 22.1 Å². The summed E-state index contributed by atoms with van der Waals surface area (Å²) in [5.41, 5.74) is 13.4. The van der Waals surface area contributed by atoms with Crippen LogP contribution in [0.2, 0.25) is 0 Å². The van der Waals surface area contributed by atoms with Gasteiger partial charge in [0.15, 0.2) is 0 Å². The van der Waals surface area contributed by atoms with E-state index in [-0.39, 0.29) is 0 Å². The van der Waals surface area contributed by atoms with Crippen molar-refractivity contribution in [1.82, 2.24) is 14.5 Å². The Bertz CT molecular complexity index is 2300. The Hall–Kier alpha value is -6.06. The van der Waals surface area contributed by atoms with Crippen LogP contribution in [0, 0.1) is 0 Å². The first-order valence-electron chi connectivity index (χ1n) is 15.7. The number of nitrogens with zero attached hydrogens (tertiary/aromatic N) is 3. The molecular weight excluding hydrogens is 558 g/mol. The lowest BCUT2D eigenvalue weighted by Crippen LogP contribution is -2.29. The smallest absolute Gasteiger partial charge is 0.145 e. The van der Waals surface area contributed by atoms with Crippen LogP contribution in [0.5, 0.6) is 0 Å². The van der Waals surface area contributed by atoms with Gasteiger partial charge >= 0.3 is 0 Å². The number of imidazole rings is 1. The van der Waals surface area contributed by atoms with Gasteiger partial charge in [0.1, 0.15) is 5.82 Å². The summed E-state index contributed by atoms with van der Waals surface area (Å²) in [6.07, 6.45) is 1.91. The molecule has 0 amide bonds. The molecule has 2 heterocycles. The Balaban J connectivity index is 1.24. The van der Waals surface area contributed by atoms with Gasteiger partial charge in [0, 0.05) is 17.4 Å². The van der Waals surface area contributed by atoms with Crippen LogP contribution in [0.4, 0.5) is 0 Å². The minimum atomic E-state index is -0.523. The second-order valence-corrected chi connectivity index (χ2v) is 11.8. The van der Waals surface area contributed by atoms with E-state index in [2.05, 4.69) is 156 Å². The summed E-state index contributed by atoms with van der Waals surface area (Å²) >= 11 is 0. The fourth-order valence-electron chi connectivity index (χ4n) is 7.43. The summed E-state index contributed by atoms with van der Waals surface area (Å²) in [5, 5.41) is 0. The fraction of sp³-hybridized carbons (Fsp3) is 0.0233. The first-order valence-corrected chi connectivity index (χ1v) is 15.7. The van der Waals surface area contributed by atoms with E-state index >= 15 is 0 Å². The minimum absolute atomic E-state index is 0.523. The van der Waals surface area contributed by atoms with Crippen LogP contribution in [0.1, 0.15) is 22.4 Å². The number of benzene rings is 6. The van der Waals surface area contributed by atoms with E-state index in [1.165, 1.54) is 38.9 Å². The summed E-state index contributed by atoms with van der Waals surface area (Å²) in [6, 6.07) is 60.4. The molecule has 0 spiro atoms. The maximum absolute atomic E-state index is 5.09. The Morgan fingerprint density at radius 2 is 1.13 bits per heavy atom. The standard InChI is InChI=1S/C43H29N3/c1-3-14-32(15-4-1)43(40-24-11-12-29-44-40)36-20-8-7-18-35(36)41-34(19-13-21-37(41)43)30-25-27-31(28-26-30)42-45-38-22-9-10-23-39(38)46(42)33-16-5-2-6-17-33/h1-29H. The van der Waals surface area contributed by atoms with Crippen molar-refractivity contribution in [1.29, 1.82) is 0 Å². The highest BCUT2D eigenvalue weighted by Crippen LogP contribution is 2.57. The maximum atomic E-state index is 5.09. The van der Waals surface area contributed by atoms with Gasteiger partial charge in [-0.3, -0.25) is 9.55 Å². The van der Waals surface area contributed by atoms with Crippen molar-refractivity contribution in [2.45, 2.75) is 5.41 Å². The molecule has 0 fully saturated rings. The van der Waals surface area contributed by atoms with E-state index in [0.29, 0.717) is 0 Å². The Morgan fingerprint density at radius 1 is 0.478 bits per heavy atom. The number of hydrogen-bond acceptors (Lipinski definition) is 2. The van der Waals surface area contributed by atoms with Crippen molar-refractivity contribution in [3.05, 3.63) is 198 Å². The lowest BCUT2D eigenvalue weighted by molar-refractivity contribution is 0.735. The van der Waals surface area contributed by atoms with Crippen LogP contribution >= 0.6 is 0 Å². The topological polar surface area (TPSA) is 30.7 Å². The normalized spacial score (nSPS) is 15.0. The third-order valence-corrected chi connectivity index (χ3v) is 9.35. The number of hydrogen-bond donors (Lipinski definition) is 0. The van der Waals surface area contributed by atoms with Crippen LogP contribution < -0.4 is 0 Å². The second kappa shape index (κ2) is 10.5. The molecule has 0 N–H and O–H groups in total. The molecule has 46 heavy (non-hydrogen) atoms. The zero-order valence-corrected chi connectivity index (χ0v) is 25.1. The molecule has 9 rings (SSSR count). The zero-order valence-electron chi connectivity index (χ0n) is 25.1. The SMILES string of the molecule is c1ccc(-n2c(-c3ccc(-c4cccc5c4-c4ccccc4C5(c4ccccc4)c4ccccn4)cc3)nc3ccccc32)cc1. The highest BCUT2D eigenvalue weighted by atomic mass is 15.1. The highest BCUT2D eigenvalue weighted by Gasteiger charge is 2.47. The molecule has 1 aliphatic rings. The number of aromatic nitrogens is 3. The van der Waals surface area contributed by atoms with Crippen LogP contribution in [-0.2, 0) is 5.41 Å². The van der Waals surface area contributed by atoms with E-state index < -0.39 is 5.41 Å². The summed E-state index contributed by atoms with van der Waals surface area (Å²) in [7, 11) is 0. The molecule has 216 valence electrons. The molecule has 6 aromatic carbocycles. The molecule has 2 aromatic heterocycles. The number of fused-ring (bicyclic) bond motifs is 4. The summed E-state index contributed by atoms with van der Waals surface area (Å²) in [4.78, 5) is 10.1. The molecular formula is C43H29N3. The minimum Gasteiger partial charge on any atom is -0.292 e. The lowest BCUT2D eigenvalue weighted by Gasteiger charge is -2.32. The molecule has 1 aliphatic carbocycles. The molecule has 3 heteroatoms. The highest BCUT2D eigenvalue weighted by molar-refractivity contribution is 5.95. The van der Waals surface area contributed by atoms with Crippen molar-refractivity contribution in [2.75, 3.05) is 0 Å². The average Bonchev–Trinajstić information content (AvgIpc) is 3.68. The van der Waals surface area contributed by atoms with Crippen molar-refractivity contribution >= 4 is 11.0 Å². The first kappa shape index (κ1) is 26.4. The Labute approximate surface area is 268 Å². The van der Waals surface area contributed by atoms with Crippen molar-refractivity contribution in [3.8, 4) is 39.3 Å². The predicted octanol–water partition coefficient (Wildman–Crippen LogP) is 10.1.